The van der Waals surface area contributed by atoms with Crippen molar-refractivity contribution in [3.05, 3.63) is 0 Å². The molecule has 23 heavy (non-hydrogen) atoms. The van der Waals surface area contributed by atoms with Crippen LogP contribution in [0.25, 0.3) is 0 Å². The van der Waals surface area contributed by atoms with Crippen molar-refractivity contribution >= 4 is 7.82 Å². The van der Waals surface area contributed by atoms with Crippen LogP contribution in [0.5, 0.6) is 0 Å². The molecular weight excluding hydrogens is 319 g/mol. The summed E-state index contributed by atoms with van der Waals surface area (Å²) < 4.78 is 33.5. The van der Waals surface area contributed by atoms with E-state index in [1.54, 1.807) is 0 Å². The SMILES string of the molecule is CCCCOCC(CC)OP(=O)(O)OC(CC)COCCCC. The van der Waals surface area contributed by atoms with Crippen LogP contribution in [0.3, 0.4) is 0 Å². The first-order valence-electron chi connectivity index (χ1n) is 8.84. The summed E-state index contributed by atoms with van der Waals surface area (Å²) in [5.74, 6) is 0. The largest absolute Gasteiger partial charge is 0.472 e. The summed E-state index contributed by atoms with van der Waals surface area (Å²) >= 11 is 0. The van der Waals surface area contributed by atoms with E-state index in [2.05, 4.69) is 13.8 Å². The van der Waals surface area contributed by atoms with Gasteiger partial charge in [0.2, 0.25) is 0 Å². The molecule has 0 aromatic heterocycles. The topological polar surface area (TPSA) is 74.2 Å². The van der Waals surface area contributed by atoms with Crippen LogP contribution in [-0.2, 0) is 23.1 Å². The fourth-order valence-corrected chi connectivity index (χ4v) is 2.99. The maximum atomic E-state index is 12.1. The Balaban J connectivity index is 4.20. The second-order valence-electron chi connectivity index (χ2n) is 5.60. The van der Waals surface area contributed by atoms with Gasteiger partial charge in [0.05, 0.1) is 25.4 Å². The second kappa shape index (κ2) is 14.4. The zero-order valence-corrected chi connectivity index (χ0v) is 16.1. The smallest absolute Gasteiger partial charge is 0.379 e. The Hall–Kier alpha value is 0.0300. The van der Waals surface area contributed by atoms with Gasteiger partial charge in [-0.05, 0) is 25.7 Å². The maximum Gasteiger partial charge on any atom is 0.472 e. The molecule has 6 nitrogen and oxygen atoms in total. The Morgan fingerprint density at radius 1 is 0.826 bits per heavy atom. The molecule has 0 aromatic rings. The fraction of sp³-hybridized carbons (Fsp3) is 1.00. The second-order valence-corrected chi connectivity index (χ2v) is 6.96. The van der Waals surface area contributed by atoms with Crippen molar-refractivity contribution in [3.8, 4) is 0 Å². The van der Waals surface area contributed by atoms with Gasteiger partial charge in [-0.2, -0.15) is 0 Å². The van der Waals surface area contributed by atoms with Crippen molar-refractivity contribution in [2.24, 2.45) is 0 Å². The molecule has 0 amide bonds. The molecule has 0 aliphatic rings. The lowest BCUT2D eigenvalue weighted by Crippen LogP contribution is -2.23. The van der Waals surface area contributed by atoms with E-state index in [4.69, 9.17) is 18.5 Å². The number of hydrogen-bond acceptors (Lipinski definition) is 5. The van der Waals surface area contributed by atoms with Gasteiger partial charge in [0, 0.05) is 13.2 Å². The van der Waals surface area contributed by atoms with Gasteiger partial charge in [0.1, 0.15) is 0 Å². The van der Waals surface area contributed by atoms with Crippen molar-refractivity contribution in [2.45, 2.75) is 78.4 Å². The van der Waals surface area contributed by atoms with E-state index in [-0.39, 0.29) is 0 Å². The third-order valence-corrected chi connectivity index (χ3v) is 4.50. The van der Waals surface area contributed by atoms with Crippen LogP contribution in [0.2, 0.25) is 0 Å². The van der Waals surface area contributed by atoms with Gasteiger partial charge in [-0.25, -0.2) is 4.57 Å². The summed E-state index contributed by atoms with van der Waals surface area (Å²) in [7, 11) is -4.11. The summed E-state index contributed by atoms with van der Waals surface area (Å²) in [5.41, 5.74) is 0. The number of hydrogen-bond donors (Lipinski definition) is 1. The van der Waals surface area contributed by atoms with E-state index in [0.717, 1.165) is 25.7 Å². The van der Waals surface area contributed by atoms with Crippen LogP contribution in [-0.4, -0.2) is 43.5 Å². The Kier molecular flexibility index (Phi) is 14.4. The van der Waals surface area contributed by atoms with Crippen LogP contribution < -0.4 is 0 Å². The normalized spacial score (nSPS) is 16.9. The van der Waals surface area contributed by atoms with Crippen LogP contribution in [0.4, 0.5) is 0 Å². The molecule has 0 aromatic carbocycles. The minimum Gasteiger partial charge on any atom is -0.379 e. The highest BCUT2D eigenvalue weighted by Crippen LogP contribution is 2.46. The van der Waals surface area contributed by atoms with Crippen molar-refractivity contribution < 1.29 is 28.0 Å². The minimum absolute atomic E-state index is 0.300. The van der Waals surface area contributed by atoms with E-state index in [1.807, 2.05) is 13.8 Å². The molecule has 0 radical (unpaired) electrons. The molecule has 1 N–H and O–H groups in total. The van der Waals surface area contributed by atoms with Crippen LogP contribution in [0.1, 0.15) is 66.2 Å². The lowest BCUT2D eigenvalue weighted by molar-refractivity contribution is -0.00542. The predicted molar refractivity (Wildman–Crippen MR) is 91.6 cm³/mol. The third kappa shape index (κ3) is 13.0. The maximum absolute atomic E-state index is 12.1. The first-order valence-corrected chi connectivity index (χ1v) is 10.3. The molecule has 0 saturated carbocycles. The van der Waals surface area contributed by atoms with Crippen LogP contribution >= 0.6 is 7.82 Å². The Bertz CT molecular complexity index is 287. The number of phosphoric acid groups is 1. The minimum atomic E-state index is -4.11. The highest BCUT2D eigenvalue weighted by molar-refractivity contribution is 7.47. The predicted octanol–water partition coefficient (Wildman–Crippen LogP) is 4.31. The Labute approximate surface area is 141 Å². The Morgan fingerprint density at radius 2 is 1.22 bits per heavy atom. The highest BCUT2D eigenvalue weighted by Gasteiger charge is 2.29. The lowest BCUT2D eigenvalue weighted by Gasteiger charge is -2.23. The molecule has 2 atom stereocenters. The number of phosphoric ester groups is 1. The standard InChI is InChI=1S/C16H35O6P/c1-5-9-11-19-13-15(7-3)21-23(17,18)22-16(8-4)14-20-12-10-6-2/h15-16H,5-14H2,1-4H3,(H,17,18). The molecule has 7 heteroatoms. The quantitative estimate of drug-likeness (QED) is 0.329. The zero-order chi connectivity index (χ0) is 17.6. The third-order valence-electron chi connectivity index (χ3n) is 3.37. The van der Waals surface area contributed by atoms with E-state index in [9.17, 15) is 9.46 Å². The summed E-state index contributed by atoms with van der Waals surface area (Å²) in [6.45, 7) is 9.81. The molecule has 0 spiro atoms. The zero-order valence-electron chi connectivity index (χ0n) is 15.2. The van der Waals surface area contributed by atoms with E-state index >= 15 is 0 Å². The molecule has 0 saturated heterocycles. The van der Waals surface area contributed by atoms with Gasteiger partial charge >= 0.3 is 7.82 Å². The molecule has 140 valence electrons. The molecule has 0 heterocycles. The van der Waals surface area contributed by atoms with Gasteiger partial charge in [-0.1, -0.05) is 40.5 Å². The van der Waals surface area contributed by atoms with Crippen LogP contribution in [0, 0.1) is 0 Å². The average molecular weight is 354 g/mol. The summed E-state index contributed by atoms with van der Waals surface area (Å²) in [6, 6.07) is 0. The van der Waals surface area contributed by atoms with Crippen molar-refractivity contribution in [1.29, 1.82) is 0 Å². The highest BCUT2D eigenvalue weighted by atomic mass is 31.2. The molecular formula is C16H35O6P. The van der Waals surface area contributed by atoms with Gasteiger partial charge in [0.15, 0.2) is 0 Å². The van der Waals surface area contributed by atoms with Crippen LogP contribution in [0.15, 0.2) is 0 Å². The van der Waals surface area contributed by atoms with E-state index in [1.165, 1.54) is 0 Å². The molecule has 0 aliphatic carbocycles. The van der Waals surface area contributed by atoms with Crippen molar-refractivity contribution in [2.75, 3.05) is 26.4 Å². The molecule has 2 unspecified atom stereocenters. The first kappa shape index (κ1) is 23.0. The number of ether oxygens (including phenoxy) is 2. The molecule has 0 fully saturated rings. The number of rotatable bonds is 16. The van der Waals surface area contributed by atoms with Gasteiger partial charge in [-0.3, -0.25) is 9.05 Å². The lowest BCUT2D eigenvalue weighted by atomic mass is 10.3. The molecule has 0 rings (SSSR count). The summed E-state index contributed by atoms with van der Waals surface area (Å²) in [5, 5.41) is 0. The molecule has 0 bridgehead atoms. The average Bonchev–Trinajstić information content (AvgIpc) is 2.53. The molecule has 0 aliphatic heterocycles. The Morgan fingerprint density at radius 3 is 1.52 bits per heavy atom. The van der Waals surface area contributed by atoms with Crippen molar-refractivity contribution in [1.82, 2.24) is 0 Å². The van der Waals surface area contributed by atoms with Gasteiger partial charge in [-0.15, -0.1) is 0 Å². The van der Waals surface area contributed by atoms with Gasteiger partial charge in [0.25, 0.3) is 0 Å². The first-order chi connectivity index (χ1) is 11.0. The van der Waals surface area contributed by atoms with Crippen molar-refractivity contribution in [3.63, 3.8) is 0 Å². The number of unbranched alkanes of at least 4 members (excludes halogenated alkanes) is 2. The fourth-order valence-electron chi connectivity index (χ4n) is 1.77. The monoisotopic (exact) mass is 354 g/mol. The van der Waals surface area contributed by atoms with E-state index < -0.39 is 20.0 Å². The summed E-state index contributed by atoms with van der Waals surface area (Å²) in [6.07, 6.45) is 4.33. The van der Waals surface area contributed by atoms with Gasteiger partial charge < -0.3 is 14.4 Å². The summed E-state index contributed by atoms with van der Waals surface area (Å²) in [4.78, 5) is 9.92. The van der Waals surface area contributed by atoms with E-state index in [0.29, 0.717) is 39.3 Å².